The van der Waals surface area contributed by atoms with E-state index in [4.69, 9.17) is 11.6 Å². The highest BCUT2D eigenvalue weighted by molar-refractivity contribution is 6.31. The molecule has 112 valence electrons. The van der Waals surface area contributed by atoms with E-state index in [1.165, 1.54) is 12.8 Å². The molecule has 1 nitrogen and oxygen atoms in total. The van der Waals surface area contributed by atoms with Gasteiger partial charge in [-0.25, -0.2) is 0 Å². The molecular weight excluding hydrogens is 268 g/mol. The first-order chi connectivity index (χ1) is 9.35. The molecule has 1 saturated carbocycles. The zero-order valence-corrected chi connectivity index (χ0v) is 13.9. The summed E-state index contributed by atoms with van der Waals surface area (Å²) in [6, 6.07) is 4.08. The van der Waals surface area contributed by atoms with Crippen molar-refractivity contribution in [2.45, 2.75) is 65.9 Å². The van der Waals surface area contributed by atoms with Gasteiger partial charge >= 0.3 is 0 Å². The molecule has 1 aromatic rings. The number of halogens is 1. The van der Waals surface area contributed by atoms with E-state index in [0.29, 0.717) is 5.92 Å². The van der Waals surface area contributed by atoms with Crippen molar-refractivity contribution in [3.8, 4) is 0 Å². The summed E-state index contributed by atoms with van der Waals surface area (Å²) in [4.78, 5) is 0. The molecule has 2 rings (SSSR count). The number of hydrogen-bond acceptors (Lipinski definition) is 1. The number of aliphatic hydroxyl groups excluding tert-OH is 1. The second kappa shape index (κ2) is 6.07. The third-order valence-electron chi connectivity index (χ3n) is 4.84. The molecule has 2 heteroatoms. The van der Waals surface area contributed by atoms with Gasteiger partial charge < -0.3 is 5.11 Å². The summed E-state index contributed by atoms with van der Waals surface area (Å²) in [5, 5.41) is 11.9. The molecule has 0 aliphatic heterocycles. The Hall–Kier alpha value is -0.530. The smallest absolute Gasteiger partial charge is 0.0848 e. The minimum Gasteiger partial charge on any atom is -0.388 e. The van der Waals surface area contributed by atoms with Crippen molar-refractivity contribution in [3.63, 3.8) is 0 Å². The molecule has 0 radical (unpaired) electrons. The molecule has 0 saturated heterocycles. The first kappa shape index (κ1) is 15.9. The maximum atomic E-state index is 11.1. The highest BCUT2D eigenvalue weighted by atomic mass is 35.5. The van der Waals surface area contributed by atoms with E-state index in [9.17, 15) is 5.11 Å². The van der Waals surface area contributed by atoms with E-state index in [2.05, 4.69) is 26.8 Å². The zero-order valence-electron chi connectivity index (χ0n) is 13.2. The molecule has 1 aliphatic rings. The Bertz CT molecular complexity index is 473. The summed E-state index contributed by atoms with van der Waals surface area (Å²) in [7, 11) is 0. The van der Waals surface area contributed by atoms with Gasteiger partial charge in [-0.05, 0) is 61.8 Å². The number of aliphatic hydroxyl groups is 1. The van der Waals surface area contributed by atoms with Crippen molar-refractivity contribution in [1.82, 2.24) is 0 Å². The van der Waals surface area contributed by atoms with Crippen LogP contribution >= 0.6 is 11.6 Å². The Balaban J connectivity index is 2.37. The first-order valence-corrected chi connectivity index (χ1v) is 8.18. The Kier molecular flexibility index (Phi) is 4.81. The van der Waals surface area contributed by atoms with Crippen LogP contribution in [0.1, 0.15) is 68.7 Å². The average Bonchev–Trinajstić information content (AvgIpc) is 2.81. The second-order valence-electron chi connectivity index (χ2n) is 7.03. The van der Waals surface area contributed by atoms with Crippen LogP contribution in [0.4, 0.5) is 0 Å². The summed E-state index contributed by atoms with van der Waals surface area (Å²) in [6.07, 6.45) is 5.53. The zero-order chi connectivity index (χ0) is 14.9. The van der Waals surface area contributed by atoms with Crippen LogP contribution in [-0.2, 0) is 0 Å². The van der Waals surface area contributed by atoms with Gasteiger partial charge in [-0.3, -0.25) is 0 Å². The number of benzene rings is 1. The van der Waals surface area contributed by atoms with Crippen LogP contribution < -0.4 is 0 Å². The lowest BCUT2D eigenvalue weighted by Gasteiger charge is -2.37. The Morgan fingerprint density at radius 1 is 1.15 bits per heavy atom. The van der Waals surface area contributed by atoms with E-state index in [0.717, 1.165) is 41.0 Å². The van der Waals surface area contributed by atoms with Gasteiger partial charge in [-0.1, -0.05) is 44.4 Å². The minimum absolute atomic E-state index is 0.0686. The summed E-state index contributed by atoms with van der Waals surface area (Å²) in [5.41, 5.74) is 3.32. The Morgan fingerprint density at radius 3 is 2.30 bits per heavy atom. The van der Waals surface area contributed by atoms with Gasteiger partial charge in [-0.2, -0.15) is 0 Å². The molecule has 1 atom stereocenters. The topological polar surface area (TPSA) is 20.2 Å². The van der Waals surface area contributed by atoms with Gasteiger partial charge in [-0.15, -0.1) is 0 Å². The predicted octanol–water partition coefficient (Wildman–Crippen LogP) is 5.60. The van der Waals surface area contributed by atoms with Crippen LogP contribution in [0.25, 0.3) is 0 Å². The molecule has 0 heterocycles. The molecule has 0 amide bonds. The number of hydrogen-bond donors (Lipinski definition) is 1. The van der Waals surface area contributed by atoms with Gasteiger partial charge in [0.05, 0.1) is 6.10 Å². The summed E-state index contributed by atoms with van der Waals surface area (Å²) < 4.78 is 0. The van der Waals surface area contributed by atoms with E-state index in [1.54, 1.807) is 0 Å². The fraction of sp³-hybridized carbons (Fsp3) is 0.667. The molecule has 1 fully saturated rings. The van der Waals surface area contributed by atoms with Crippen molar-refractivity contribution in [2.75, 3.05) is 0 Å². The number of rotatable bonds is 4. The Morgan fingerprint density at radius 2 is 1.75 bits per heavy atom. The van der Waals surface area contributed by atoms with Crippen molar-refractivity contribution < 1.29 is 5.11 Å². The largest absolute Gasteiger partial charge is 0.388 e. The van der Waals surface area contributed by atoms with E-state index in [1.807, 2.05) is 13.0 Å². The standard InChI is InChI=1S/C18H27ClO/c1-12(2)11-18(7-5-6-8-18)17(20)15-9-14(4)16(19)10-13(15)3/h9-10,12,17,20H,5-8,11H2,1-4H3. The second-order valence-corrected chi connectivity index (χ2v) is 7.44. The molecule has 1 aromatic carbocycles. The average molecular weight is 295 g/mol. The number of aryl methyl sites for hydroxylation is 2. The monoisotopic (exact) mass is 294 g/mol. The van der Waals surface area contributed by atoms with E-state index >= 15 is 0 Å². The minimum atomic E-state index is -0.358. The van der Waals surface area contributed by atoms with Gasteiger partial charge in [0.1, 0.15) is 0 Å². The van der Waals surface area contributed by atoms with E-state index < -0.39 is 0 Å². The highest BCUT2D eigenvalue weighted by Gasteiger charge is 2.42. The first-order valence-electron chi connectivity index (χ1n) is 7.80. The maximum absolute atomic E-state index is 11.1. The molecule has 0 bridgehead atoms. The van der Waals surface area contributed by atoms with Crippen molar-refractivity contribution in [2.24, 2.45) is 11.3 Å². The highest BCUT2D eigenvalue weighted by Crippen LogP contribution is 2.52. The normalized spacial score (nSPS) is 19.6. The summed E-state index contributed by atoms with van der Waals surface area (Å²) >= 11 is 6.19. The SMILES string of the molecule is Cc1cc(C(O)C2(CC(C)C)CCCC2)c(C)cc1Cl. The molecule has 1 N–H and O–H groups in total. The predicted molar refractivity (Wildman–Crippen MR) is 86.2 cm³/mol. The third-order valence-corrected chi connectivity index (χ3v) is 5.24. The van der Waals surface area contributed by atoms with Crippen LogP contribution in [0.5, 0.6) is 0 Å². The molecular formula is C18H27ClO. The molecule has 1 aliphatic carbocycles. The van der Waals surface area contributed by atoms with Crippen LogP contribution in [0, 0.1) is 25.2 Å². The van der Waals surface area contributed by atoms with Gasteiger partial charge in [0.15, 0.2) is 0 Å². The summed E-state index contributed by atoms with van der Waals surface area (Å²) in [6.45, 7) is 8.59. The van der Waals surface area contributed by atoms with Gasteiger partial charge in [0.25, 0.3) is 0 Å². The third kappa shape index (κ3) is 3.04. The molecule has 20 heavy (non-hydrogen) atoms. The Labute approximate surface area is 128 Å². The van der Waals surface area contributed by atoms with Crippen LogP contribution in [0.3, 0.4) is 0 Å². The van der Waals surface area contributed by atoms with Gasteiger partial charge in [0.2, 0.25) is 0 Å². The van der Waals surface area contributed by atoms with Crippen LogP contribution in [-0.4, -0.2) is 5.11 Å². The molecule has 1 unspecified atom stereocenters. The quantitative estimate of drug-likeness (QED) is 0.766. The lowest BCUT2D eigenvalue weighted by molar-refractivity contribution is 0.0107. The van der Waals surface area contributed by atoms with Crippen LogP contribution in [0.2, 0.25) is 5.02 Å². The van der Waals surface area contributed by atoms with Crippen LogP contribution in [0.15, 0.2) is 12.1 Å². The molecule has 0 aromatic heterocycles. The maximum Gasteiger partial charge on any atom is 0.0848 e. The van der Waals surface area contributed by atoms with Crippen molar-refractivity contribution in [3.05, 3.63) is 33.8 Å². The lowest BCUT2D eigenvalue weighted by Crippen LogP contribution is -2.28. The van der Waals surface area contributed by atoms with Gasteiger partial charge in [0, 0.05) is 10.4 Å². The summed E-state index contributed by atoms with van der Waals surface area (Å²) in [5.74, 6) is 0.622. The van der Waals surface area contributed by atoms with Crippen molar-refractivity contribution in [1.29, 1.82) is 0 Å². The fourth-order valence-corrected chi connectivity index (χ4v) is 4.13. The van der Waals surface area contributed by atoms with Crippen molar-refractivity contribution >= 4 is 11.6 Å². The molecule has 0 spiro atoms. The fourth-order valence-electron chi connectivity index (χ4n) is 3.91. The lowest BCUT2D eigenvalue weighted by atomic mass is 9.71. The van der Waals surface area contributed by atoms with E-state index in [-0.39, 0.29) is 11.5 Å².